The third kappa shape index (κ3) is 3.67. The highest BCUT2D eigenvalue weighted by Gasteiger charge is 2.31. The second-order valence-corrected chi connectivity index (χ2v) is 4.90. The van der Waals surface area contributed by atoms with E-state index in [9.17, 15) is 32.5 Å². The number of non-ortho nitro benzene ring substituents is 1. The first-order chi connectivity index (χ1) is 11.1. The van der Waals surface area contributed by atoms with E-state index in [0.717, 1.165) is 18.2 Å². The number of nitrogens with one attached hydrogen (secondary N) is 1. The van der Waals surface area contributed by atoms with E-state index in [1.54, 1.807) is 0 Å². The number of anilines is 1. The van der Waals surface area contributed by atoms with E-state index >= 15 is 0 Å². The Morgan fingerprint density at radius 3 is 2.38 bits per heavy atom. The molecule has 2 aromatic rings. The standard InChI is InChI=1S/C15H10F4N2O3/c1-8-6-10(21(23)24)3-4-11(8)14(22)20-13-7-9(15(17,18)19)2-5-12(13)16/h2-7H,1H3,(H,20,22). The highest BCUT2D eigenvalue weighted by Crippen LogP contribution is 2.32. The third-order valence-corrected chi connectivity index (χ3v) is 3.21. The monoisotopic (exact) mass is 342 g/mol. The predicted molar refractivity (Wildman–Crippen MR) is 77.2 cm³/mol. The van der Waals surface area contributed by atoms with Crippen LogP contribution in [-0.2, 0) is 6.18 Å². The number of benzene rings is 2. The van der Waals surface area contributed by atoms with Crippen LogP contribution in [0.4, 0.5) is 28.9 Å². The summed E-state index contributed by atoms with van der Waals surface area (Å²) in [6, 6.07) is 4.99. The van der Waals surface area contributed by atoms with Crippen molar-refractivity contribution in [3.63, 3.8) is 0 Å². The largest absolute Gasteiger partial charge is 0.416 e. The van der Waals surface area contributed by atoms with Crippen LogP contribution in [0.1, 0.15) is 21.5 Å². The Morgan fingerprint density at radius 1 is 1.17 bits per heavy atom. The van der Waals surface area contributed by atoms with E-state index in [1.807, 2.05) is 5.32 Å². The van der Waals surface area contributed by atoms with Gasteiger partial charge in [0.15, 0.2) is 0 Å². The Kier molecular flexibility index (Phi) is 4.54. The van der Waals surface area contributed by atoms with Gasteiger partial charge < -0.3 is 5.32 Å². The molecule has 9 heteroatoms. The summed E-state index contributed by atoms with van der Waals surface area (Å²) in [7, 11) is 0. The summed E-state index contributed by atoms with van der Waals surface area (Å²) in [5.41, 5.74) is -1.77. The van der Waals surface area contributed by atoms with Crippen LogP contribution in [-0.4, -0.2) is 10.8 Å². The fraction of sp³-hybridized carbons (Fsp3) is 0.133. The van der Waals surface area contributed by atoms with Gasteiger partial charge in [-0.05, 0) is 36.8 Å². The van der Waals surface area contributed by atoms with Gasteiger partial charge in [-0.1, -0.05) is 0 Å². The lowest BCUT2D eigenvalue weighted by molar-refractivity contribution is -0.384. The molecule has 0 aliphatic carbocycles. The highest BCUT2D eigenvalue weighted by atomic mass is 19.4. The van der Waals surface area contributed by atoms with Crippen molar-refractivity contribution in [1.29, 1.82) is 0 Å². The summed E-state index contributed by atoms with van der Waals surface area (Å²) in [5, 5.41) is 12.7. The zero-order chi connectivity index (χ0) is 18.1. The number of rotatable bonds is 3. The fourth-order valence-electron chi connectivity index (χ4n) is 2.00. The van der Waals surface area contributed by atoms with Gasteiger partial charge in [-0.2, -0.15) is 13.2 Å². The molecule has 0 aliphatic heterocycles. The molecule has 0 saturated carbocycles. The van der Waals surface area contributed by atoms with Gasteiger partial charge in [0.05, 0.1) is 16.2 Å². The number of hydrogen-bond donors (Lipinski definition) is 1. The van der Waals surface area contributed by atoms with E-state index in [1.165, 1.54) is 6.92 Å². The molecule has 0 heterocycles. The molecule has 1 amide bonds. The zero-order valence-corrected chi connectivity index (χ0v) is 12.1. The fourth-order valence-corrected chi connectivity index (χ4v) is 2.00. The summed E-state index contributed by atoms with van der Waals surface area (Å²) in [6.07, 6.45) is -4.68. The van der Waals surface area contributed by atoms with Gasteiger partial charge in [0.2, 0.25) is 0 Å². The maximum Gasteiger partial charge on any atom is 0.416 e. The van der Waals surface area contributed by atoms with Gasteiger partial charge in [-0.15, -0.1) is 0 Å². The number of nitro groups is 1. The molecule has 2 rings (SSSR count). The number of amides is 1. The second kappa shape index (κ2) is 6.26. The van der Waals surface area contributed by atoms with E-state index in [2.05, 4.69) is 0 Å². The number of carbonyl (C=O) groups excluding carboxylic acids is 1. The van der Waals surface area contributed by atoms with Gasteiger partial charge in [-0.3, -0.25) is 14.9 Å². The number of aryl methyl sites for hydroxylation is 1. The van der Waals surface area contributed by atoms with Crippen molar-refractivity contribution in [2.45, 2.75) is 13.1 Å². The number of nitro benzene ring substituents is 1. The molecule has 0 atom stereocenters. The quantitative estimate of drug-likeness (QED) is 0.513. The Bertz CT molecular complexity index is 819. The topological polar surface area (TPSA) is 72.2 Å². The van der Waals surface area contributed by atoms with Gasteiger partial charge in [0, 0.05) is 17.7 Å². The van der Waals surface area contributed by atoms with Gasteiger partial charge >= 0.3 is 6.18 Å². The minimum Gasteiger partial charge on any atom is -0.319 e. The molecule has 24 heavy (non-hydrogen) atoms. The molecular weight excluding hydrogens is 332 g/mol. The van der Waals surface area contributed by atoms with Crippen LogP contribution >= 0.6 is 0 Å². The lowest BCUT2D eigenvalue weighted by atomic mass is 10.1. The SMILES string of the molecule is Cc1cc([N+](=O)[O-])ccc1C(=O)Nc1cc(C(F)(F)F)ccc1F. The van der Waals surface area contributed by atoms with Crippen molar-refractivity contribution >= 4 is 17.3 Å². The molecule has 0 spiro atoms. The van der Waals surface area contributed by atoms with Crippen LogP contribution in [0.3, 0.4) is 0 Å². The lowest BCUT2D eigenvalue weighted by Crippen LogP contribution is -2.15. The number of halogens is 4. The number of carbonyl (C=O) groups is 1. The second-order valence-electron chi connectivity index (χ2n) is 4.90. The molecule has 1 N–H and O–H groups in total. The van der Waals surface area contributed by atoms with Gasteiger partial charge in [0.25, 0.3) is 11.6 Å². The normalized spacial score (nSPS) is 11.2. The van der Waals surface area contributed by atoms with Crippen molar-refractivity contribution in [3.05, 3.63) is 69.0 Å². The molecule has 0 fully saturated rings. The van der Waals surface area contributed by atoms with Crippen molar-refractivity contribution in [2.75, 3.05) is 5.32 Å². The Morgan fingerprint density at radius 2 is 1.83 bits per heavy atom. The number of alkyl halides is 3. The minimum atomic E-state index is -4.68. The Balaban J connectivity index is 2.32. The molecule has 126 valence electrons. The zero-order valence-electron chi connectivity index (χ0n) is 12.1. The first kappa shape index (κ1) is 17.4. The van der Waals surface area contributed by atoms with Crippen LogP contribution in [0.5, 0.6) is 0 Å². The number of nitrogens with zero attached hydrogens (tertiary/aromatic N) is 1. The van der Waals surface area contributed by atoms with Crippen molar-refractivity contribution in [3.8, 4) is 0 Å². The van der Waals surface area contributed by atoms with Crippen molar-refractivity contribution in [1.82, 2.24) is 0 Å². The molecule has 0 aliphatic rings. The molecule has 0 bridgehead atoms. The van der Waals surface area contributed by atoms with Crippen LogP contribution in [0, 0.1) is 22.9 Å². The Labute approximate surface area is 133 Å². The Hall–Kier alpha value is -2.97. The summed E-state index contributed by atoms with van der Waals surface area (Å²) < 4.78 is 51.6. The van der Waals surface area contributed by atoms with Gasteiger partial charge in [0.1, 0.15) is 5.82 Å². The summed E-state index contributed by atoms with van der Waals surface area (Å²) >= 11 is 0. The molecule has 0 radical (unpaired) electrons. The van der Waals surface area contributed by atoms with E-state index in [0.29, 0.717) is 18.2 Å². The average molecular weight is 342 g/mol. The van der Waals surface area contributed by atoms with Gasteiger partial charge in [-0.25, -0.2) is 4.39 Å². The van der Waals surface area contributed by atoms with E-state index in [-0.39, 0.29) is 16.8 Å². The number of hydrogen-bond acceptors (Lipinski definition) is 3. The summed E-state index contributed by atoms with van der Waals surface area (Å²) in [4.78, 5) is 22.1. The predicted octanol–water partition coefficient (Wildman–Crippen LogP) is 4.31. The van der Waals surface area contributed by atoms with Crippen LogP contribution in [0.15, 0.2) is 36.4 Å². The average Bonchev–Trinajstić information content (AvgIpc) is 2.47. The first-order valence-electron chi connectivity index (χ1n) is 6.52. The molecular formula is C15H10F4N2O3. The van der Waals surface area contributed by atoms with Crippen molar-refractivity contribution in [2.24, 2.45) is 0 Å². The maximum atomic E-state index is 13.6. The molecule has 5 nitrogen and oxygen atoms in total. The van der Waals surface area contributed by atoms with Crippen LogP contribution in [0.25, 0.3) is 0 Å². The third-order valence-electron chi connectivity index (χ3n) is 3.21. The smallest absolute Gasteiger partial charge is 0.319 e. The first-order valence-corrected chi connectivity index (χ1v) is 6.52. The summed E-state index contributed by atoms with van der Waals surface area (Å²) in [5.74, 6) is -1.91. The van der Waals surface area contributed by atoms with Crippen molar-refractivity contribution < 1.29 is 27.3 Å². The summed E-state index contributed by atoms with van der Waals surface area (Å²) in [6.45, 7) is 1.42. The van der Waals surface area contributed by atoms with E-state index in [4.69, 9.17) is 0 Å². The highest BCUT2D eigenvalue weighted by molar-refractivity contribution is 6.05. The molecule has 0 aromatic heterocycles. The minimum absolute atomic E-state index is 0.0163. The molecule has 0 unspecified atom stereocenters. The lowest BCUT2D eigenvalue weighted by Gasteiger charge is -2.12. The maximum absolute atomic E-state index is 13.6. The molecule has 0 saturated heterocycles. The van der Waals surface area contributed by atoms with E-state index < -0.39 is 34.1 Å². The van der Waals surface area contributed by atoms with Crippen LogP contribution < -0.4 is 5.32 Å². The van der Waals surface area contributed by atoms with Crippen LogP contribution in [0.2, 0.25) is 0 Å². The molecule has 2 aromatic carbocycles.